The molecule has 2 fully saturated rings. The molecule has 234 valence electrons. The number of aromatic amines is 1. The Morgan fingerprint density at radius 2 is 1.74 bits per heavy atom. The van der Waals surface area contributed by atoms with E-state index in [1.807, 2.05) is 24.3 Å². The number of tetrazole rings is 1. The van der Waals surface area contributed by atoms with E-state index >= 15 is 0 Å². The van der Waals surface area contributed by atoms with Crippen LogP contribution in [0.1, 0.15) is 121 Å². The van der Waals surface area contributed by atoms with Gasteiger partial charge in [-0.15, -0.1) is 10.2 Å². The van der Waals surface area contributed by atoms with Crippen LogP contribution in [-0.2, 0) is 11.3 Å². The first-order valence-corrected chi connectivity index (χ1v) is 16.3. The molecule has 1 atom stereocenters. The molecule has 5 rings (SSSR count). The zero-order chi connectivity index (χ0) is 30.8. The Balaban J connectivity index is 1.44. The monoisotopic (exact) mass is 590 g/mol. The third-order valence-corrected chi connectivity index (χ3v) is 9.95. The average Bonchev–Trinajstić information content (AvgIpc) is 3.59. The zero-order valence-corrected chi connectivity index (χ0v) is 26.9. The number of likely N-dealkylation sites (tertiary alicyclic amines) is 1. The highest BCUT2D eigenvalue weighted by Crippen LogP contribution is 2.50. The summed E-state index contributed by atoms with van der Waals surface area (Å²) in [7, 11) is 0. The minimum absolute atomic E-state index is 0.0828. The van der Waals surface area contributed by atoms with Crippen molar-refractivity contribution >= 4 is 17.6 Å². The predicted octanol–water partition coefficient (Wildman–Crippen LogP) is 5.51. The second-order valence-corrected chi connectivity index (χ2v) is 14.5. The van der Waals surface area contributed by atoms with Gasteiger partial charge in [-0.3, -0.25) is 9.59 Å². The molecule has 0 bridgehead atoms. The highest BCUT2D eigenvalue weighted by molar-refractivity contribution is 6.39. The summed E-state index contributed by atoms with van der Waals surface area (Å²) in [6, 6.07) is 7.66. The Hall–Kier alpha value is -3.30. The van der Waals surface area contributed by atoms with Crippen molar-refractivity contribution in [3.63, 3.8) is 0 Å². The summed E-state index contributed by atoms with van der Waals surface area (Å²) in [5.74, 6) is 2.79. The summed E-state index contributed by atoms with van der Waals surface area (Å²) in [4.78, 5) is 37.2. The lowest BCUT2D eigenvalue weighted by atomic mass is 9.69. The summed E-state index contributed by atoms with van der Waals surface area (Å²) in [5, 5.41) is 16.6. The van der Waals surface area contributed by atoms with Crippen molar-refractivity contribution in [2.75, 3.05) is 13.1 Å². The molecule has 1 aromatic carbocycles. The van der Waals surface area contributed by atoms with Crippen LogP contribution in [0.3, 0.4) is 0 Å². The number of nitrogens with one attached hydrogen (secondary N) is 2. The van der Waals surface area contributed by atoms with Crippen LogP contribution < -0.4 is 5.32 Å². The van der Waals surface area contributed by atoms with Gasteiger partial charge in [-0.2, -0.15) is 5.21 Å². The van der Waals surface area contributed by atoms with E-state index in [9.17, 15) is 9.59 Å². The van der Waals surface area contributed by atoms with Crippen LogP contribution in [0.5, 0.6) is 0 Å². The minimum atomic E-state index is -0.514. The quantitative estimate of drug-likeness (QED) is 0.418. The second-order valence-electron chi connectivity index (χ2n) is 14.5. The molecule has 10 heteroatoms. The molecule has 2 aliphatic heterocycles. The molecular weight excluding hydrogens is 540 g/mol. The molecule has 1 spiro atoms. The van der Waals surface area contributed by atoms with Crippen LogP contribution in [0, 0.1) is 23.2 Å². The third-order valence-electron chi connectivity index (χ3n) is 9.95. The van der Waals surface area contributed by atoms with Crippen LogP contribution in [0.4, 0.5) is 0 Å². The van der Waals surface area contributed by atoms with Crippen LogP contribution in [0.25, 0.3) is 0 Å². The van der Waals surface area contributed by atoms with E-state index < -0.39 is 5.66 Å². The molecule has 10 nitrogen and oxygen atoms in total. The van der Waals surface area contributed by atoms with Crippen LogP contribution >= 0.6 is 0 Å². The normalized spacial score (nSPS) is 24.1. The average molecular weight is 591 g/mol. The molecule has 1 aliphatic carbocycles. The Morgan fingerprint density at radius 1 is 1.07 bits per heavy atom. The van der Waals surface area contributed by atoms with Crippen molar-refractivity contribution in [3.8, 4) is 0 Å². The first kappa shape index (κ1) is 31.1. The number of H-pyrrole nitrogens is 1. The van der Waals surface area contributed by atoms with Gasteiger partial charge in [0.2, 0.25) is 0 Å². The summed E-state index contributed by atoms with van der Waals surface area (Å²) in [6.45, 7) is 15.8. The van der Waals surface area contributed by atoms with Gasteiger partial charge in [0.05, 0.1) is 12.6 Å². The highest BCUT2D eigenvalue weighted by Gasteiger charge is 2.53. The number of aromatic nitrogens is 4. The van der Waals surface area contributed by atoms with E-state index in [0.717, 1.165) is 70.0 Å². The summed E-state index contributed by atoms with van der Waals surface area (Å²) in [6.07, 6.45) is 7.97. The molecule has 2 aromatic rings. The smallest absolute Gasteiger partial charge is 0.291 e. The molecule has 3 aliphatic rings. The van der Waals surface area contributed by atoms with Gasteiger partial charge in [-0.05, 0) is 92.2 Å². The third kappa shape index (κ3) is 6.93. The number of aliphatic imine (C=N–C) groups is 1. The number of piperidine rings is 1. The van der Waals surface area contributed by atoms with Gasteiger partial charge in [-0.1, -0.05) is 58.9 Å². The van der Waals surface area contributed by atoms with Gasteiger partial charge in [0.25, 0.3) is 11.8 Å². The number of amides is 2. The number of benzene rings is 1. The van der Waals surface area contributed by atoms with Gasteiger partial charge in [0, 0.05) is 18.7 Å². The Bertz CT molecular complexity index is 1260. The second kappa shape index (κ2) is 12.7. The van der Waals surface area contributed by atoms with Gasteiger partial charge in [-0.25, -0.2) is 4.99 Å². The lowest BCUT2D eigenvalue weighted by Gasteiger charge is -2.47. The number of carbonyl (C=O) groups excluding carboxylic acids is 2. The lowest BCUT2D eigenvalue weighted by Crippen LogP contribution is -2.52. The molecular formula is C33H50N8O2. The number of carbonyl (C=O) groups is 2. The molecule has 2 N–H and O–H groups in total. The van der Waals surface area contributed by atoms with Crippen molar-refractivity contribution in [1.29, 1.82) is 0 Å². The Morgan fingerprint density at radius 3 is 2.33 bits per heavy atom. The van der Waals surface area contributed by atoms with E-state index in [0.29, 0.717) is 35.0 Å². The minimum Gasteiger partial charge on any atom is -0.352 e. The Kier molecular flexibility index (Phi) is 9.23. The van der Waals surface area contributed by atoms with Gasteiger partial charge in [0.15, 0.2) is 11.7 Å². The lowest BCUT2D eigenvalue weighted by molar-refractivity contribution is -0.134. The predicted molar refractivity (Wildman–Crippen MR) is 167 cm³/mol. The molecule has 0 radical (unpaired) electrons. The van der Waals surface area contributed by atoms with E-state index in [2.05, 4.69) is 77.3 Å². The first-order chi connectivity index (χ1) is 20.5. The van der Waals surface area contributed by atoms with Gasteiger partial charge < -0.3 is 15.1 Å². The fraction of sp³-hybridized carbons (Fsp3) is 0.697. The number of hydrogen-bond acceptors (Lipinski definition) is 7. The number of amidine groups is 1. The van der Waals surface area contributed by atoms with Crippen molar-refractivity contribution in [2.45, 2.75) is 111 Å². The summed E-state index contributed by atoms with van der Waals surface area (Å²) < 4.78 is 0. The molecule has 1 saturated heterocycles. The van der Waals surface area contributed by atoms with Crippen LogP contribution in [0.2, 0.25) is 0 Å². The molecule has 1 saturated carbocycles. The molecule has 2 amide bonds. The zero-order valence-electron chi connectivity index (χ0n) is 26.9. The van der Waals surface area contributed by atoms with E-state index in [-0.39, 0.29) is 29.8 Å². The number of nitrogens with zero attached hydrogens (tertiary/aromatic N) is 6. The first-order valence-electron chi connectivity index (χ1n) is 16.3. The maximum Gasteiger partial charge on any atom is 0.291 e. The molecule has 1 aromatic heterocycles. The maximum atomic E-state index is 14.5. The molecule has 0 unspecified atom stereocenters. The van der Waals surface area contributed by atoms with Gasteiger partial charge >= 0.3 is 0 Å². The highest BCUT2D eigenvalue weighted by atomic mass is 16.2. The SMILES string of the molecule is CC(C)CC[C@H](c1ccc(C(=O)NCc2nn[nH]n2)cc1)N1C(=O)C(N2CCC(C)CC2)=NC12CCC(C(C)(C)C)CC2. The Labute approximate surface area is 256 Å². The van der Waals surface area contributed by atoms with Crippen molar-refractivity contribution in [2.24, 2.45) is 28.2 Å². The van der Waals surface area contributed by atoms with E-state index in [1.54, 1.807) is 0 Å². The molecule has 3 heterocycles. The van der Waals surface area contributed by atoms with Crippen molar-refractivity contribution < 1.29 is 9.59 Å². The molecule has 43 heavy (non-hydrogen) atoms. The van der Waals surface area contributed by atoms with Crippen molar-refractivity contribution in [1.82, 2.24) is 35.7 Å². The fourth-order valence-corrected chi connectivity index (χ4v) is 7.06. The largest absolute Gasteiger partial charge is 0.352 e. The number of hydrogen-bond donors (Lipinski definition) is 2. The summed E-state index contributed by atoms with van der Waals surface area (Å²) in [5.41, 5.74) is 1.34. The topological polar surface area (TPSA) is 119 Å². The van der Waals surface area contributed by atoms with Crippen molar-refractivity contribution in [3.05, 3.63) is 41.2 Å². The van der Waals surface area contributed by atoms with Gasteiger partial charge in [0.1, 0.15) is 5.66 Å². The number of rotatable bonds is 8. The van der Waals surface area contributed by atoms with Crippen LogP contribution in [0.15, 0.2) is 29.3 Å². The summed E-state index contributed by atoms with van der Waals surface area (Å²) >= 11 is 0. The van der Waals surface area contributed by atoms with E-state index in [1.165, 1.54) is 0 Å². The standard InChI is InChI=1S/C33H50N8O2/c1-22(2)7-12-27(24-8-10-25(11-9-24)30(42)34-21-28-36-38-39-37-28)41-31(43)29(40-19-15-23(3)16-20-40)35-33(41)17-13-26(14-18-33)32(4,5)6/h8-11,22-23,26-27H,7,12-21H2,1-6H3,(H,34,42)(H,36,37,38,39)/t26?,27-,33?/m1/s1. The maximum absolute atomic E-state index is 14.5. The van der Waals surface area contributed by atoms with E-state index in [4.69, 9.17) is 4.99 Å². The van der Waals surface area contributed by atoms with Crippen LogP contribution in [-0.4, -0.2) is 66.8 Å². The fourth-order valence-electron chi connectivity index (χ4n) is 7.06.